The highest BCUT2D eigenvalue weighted by Gasteiger charge is 2.29. The molecule has 84 valence electrons. The van der Waals surface area contributed by atoms with Crippen molar-refractivity contribution in [3.8, 4) is 0 Å². The van der Waals surface area contributed by atoms with Crippen molar-refractivity contribution >= 4 is 21.7 Å². The van der Waals surface area contributed by atoms with E-state index in [9.17, 15) is 4.79 Å². The predicted molar refractivity (Wildman–Crippen MR) is 71.4 cm³/mol. The topological polar surface area (TPSA) is 17.1 Å². The Morgan fingerprint density at radius 2 is 1.71 bits per heavy atom. The maximum absolute atomic E-state index is 11.9. The average Bonchev–Trinajstić information content (AvgIpc) is 2.69. The van der Waals surface area contributed by atoms with Crippen molar-refractivity contribution in [2.75, 3.05) is 0 Å². The molecular formula is C15H11BrO. The number of carbonyl (C=O) groups excluding carboxylic acids is 1. The number of carbonyl (C=O) groups is 1. The van der Waals surface area contributed by atoms with Crippen molar-refractivity contribution in [2.24, 2.45) is 0 Å². The smallest absolute Gasteiger partial charge is 0.164 e. The lowest BCUT2D eigenvalue weighted by Crippen LogP contribution is -1.96. The van der Waals surface area contributed by atoms with Gasteiger partial charge >= 0.3 is 0 Å². The molecule has 0 amide bonds. The number of hydrogen-bond acceptors (Lipinski definition) is 1. The summed E-state index contributed by atoms with van der Waals surface area (Å²) in [6.07, 6.45) is 0.598. The molecule has 0 bridgehead atoms. The van der Waals surface area contributed by atoms with Gasteiger partial charge in [-0.3, -0.25) is 4.79 Å². The van der Waals surface area contributed by atoms with Crippen molar-refractivity contribution in [1.29, 1.82) is 0 Å². The Kier molecular flexibility index (Phi) is 2.60. The van der Waals surface area contributed by atoms with Crippen molar-refractivity contribution in [2.45, 2.75) is 12.3 Å². The van der Waals surface area contributed by atoms with Crippen LogP contribution in [0.25, 0.3) is 0 Å². The van der Waals surface area contributed by atoms with Gasteiger partial charge in [-0.25, -0.2) is 0 Å². The van der Waals surface area contributed by atoms with Crippen LogP contribution in [-0.2, 0) is 0 Å². The Balaban J connectivity index is 2.07. The van der Waals surface area contributed by atoms with Crippen LogP contribution >= 0.6 is 15.9 Å². The van der Waals surface area contributed by atoms with Gasteiger partial charge in [0.25, 0.3) is 0 Å². The molecule has 3 rings (SSSR count). The molecule has 0 aliphatic heterocycles. The molecule has 0 spiro atoms. The Morgan fingerprint density at radius 1 is 1.00 bits per heavy atom. The van der Waals surface area contributed by atoms with E-state index in [1.807, 2.05) is 30.3 Å². The Bertz CT molecular complexity index is 572. The fraction of sp³-hybridized carbons (Fsp3) is 0.133. The number of ketones is 1. The summed E-state index contributed by atoms with van der Waals surface area (Å²) in [5.74, 6) is 0.486. The summed E-state index contributed by atoms with van der Waals surface area (Å²) >= 11 is 3.43. The molecule has 0 N–H and O–H groups in total. The van der Waals surface area contributed by atoms with Crippen LogP contribution in [0.5, 0.6) is 0 Å². The highest BCUT2D eigenvalue weighted by Crippen LogP contribution is 2.37. The van der Waals surface area contributed by atoms with Crippen molar-refractivity contribution in [3.05, 3.63) is 69.7 Å². The van der Waals surface area contributed by atoms with E-state index in [0.717, 1.165) is 10.0 Å². The first kappa shape index (κ1) is 10.7. The summed E-state index contributed by atoms with van der Waals surface area (Å²) in [5.41, 5.74) is 3.27. The van der Waals surface area contributed by atoms with Gasteiger partial charge in [-0.05, 0) is 23.3 Å². The molecule has 2 aromatic rings. The molecule has 0 radical (unpaired) electrons. The summed E-state index contributed by atoms with van der Waals surface area (Å²) in [6.45, 7) is 0. The summed E-state index contributed by atoms with van der Waals surface area (Å²) in [4.78, 5) is 11.9. The second kappa shape index (κ2) is 4.11. The van der Waals surface area contributed by atoms with Gasteiger partial charge in [-0.15, -0.1) is 0 Å². The quantitative estimate of drug-likeness (QED) is 0.769. The summed E-state index contributed by atoms with van der Waals surface area (Å²) in [6, 6.07) is 16.2. The molecule has 1 nitrogen and oxygen atoms in total. The Hall–Kier alpha value is -1.41. The fourth-order valence-electron chi connectivity index (χ4n) is 2.45. The van der Waals surface area contributed by atoms with E-state index < -0.39 is 0 Å². The van der Waals surface area contributed by atoms with Crippen LogP contribution in [0.1, 0.15) is 33.8 Å². The highest BCUT2D eigenvalue weighted by molar-refractivity contribution is 9.10. The van der Waals surface area contributed by atoms with Crippen LogP contribution in [0.3, 0.4) is 0 Å². The minimum Gasteiger partial charge on any atom is -0.294 e. The number of benzene rings is 2. The lowest BCUT2D eigenvalue weighted by molar-refractivity contribution is 0.0991. The maximum atomic E-state index is 11.9. The molecule has 17 heavy (non-hydrogen) atoms. The van der Waals surface area contributed by atoms with Crippen LogP contribution in [0.15, 0.2) is 53.0 Å². The molecule has 1 aliphatic rings. The molecule has 2 aromatic carbocycles. The SMILES string of the molecule is O=C1C[C@@H](c2ccc(Br)cc2)c2ccccc21. The molecule has 0 saturated carbocycles. The first-order chi connectivity index (χ1) is 8.25. The zero-order valence-corrected chi connectivity index (χ0v) is 10.8. The lowest BCUT2D eigenvalue weighted by Gasteiger charge is -2.10. The van der Waals surface area contributed by atoms with E-state index >= 15 is 0 Å². The van der Waals surface area contributed by atoms with Crippen molar-refractivity contribution in [1.82, 2.24) is 0 Å². The van der Waals surface area contributed by atoms with Crippen LogP contribution < -0.4 is 0 Å². The van der Waals surface area contributed by atoms with Gasteiger partial charge in [0.15, 0.2) is 5.78 Å². The number of hydrogen-bond donors (Lipinski definition) is 0. The number of rotatable bonds is 1. The molecule has 0 aromatic heterocycles. The molecule has 0 fully saturated rings. The van der Waals surface area contributed by atoms with Gasteiger partial charge in [0.1, 0.15) is 0 Å². The third-order valence-corrected chi connectivity index (χ3v) is 3.83. The zero-order valence-electron chi connectivity index (χ0n) is 9.19. The number of halogens is 1. The fourth-order valence-corrected chi connectivity index (χ4v) is 2.72. The maximum Gasteiger partial charge on any atom is 0.164 e. The van der Waals surface area contributed by atoms with E-state index in [2.05, 4.69) is 34.1 Å². The Morgan fingerprint density at radius 3 is 2.47 bits per heavy atom. The molecule has 0 unspecified atom stereocenters. The molecule has 0 saturated heterocycles. The van der Waals surface area contributed by atoms with E-state index in [-0.39, 0.29) is 11.7 Å². The van der Waals surface area contributed by atoms with Gasteiger partial charge in [-0.1, -0.05) is 52.3 Å². The molecule has 1 atom stereocenters. The van der Waals surface area contributed by atoms with Crippen LogP contribution in [0, 0.1) is 0 Å². The zero-order chi connectivity index (χ0) is 11.8. The van der Waals surface area contributed by atoms with Crippen LogP contribution in [-0.4, -0.2) is 5.78 Å². The predicted octanol–water partition coefficient (Wildman–Crippen LogP) is 4.17. The first-order valence-electron chi connectivity index (χ1n) is 5.63. The third kappa shape index (κ3) is 1.83. The third-order valence-electron chi connectivity index (χ3n) is 3.30. The van der Waals surface area contributed by atoms with Crippen molar-refractivity contribution < 1.29 is 4.79 Å². The monoisotopic (exact) mass is 286 g/mol. The summed E-state index contributed by atoms with van der Waals surface area (Å²) < 4.78 is 1.07. The highest BCUT2D eigenvalue weighted by atomic mass is 79.9. The minimum absolute atomic E-state index is 0.229. The molecule has 2 heteroatoms. The Labute approximate surface area is 109 Å². The molecule has 0 heterocycles. The van der Waals surface area contributed by atoms with Crippen molar-refractivity contribution in [3.63, 3.8) is 0 Å². The van der Waals surface area contributed by atoms with Gasteiger partial charge in [0.2, 0.25) is 0 Å². The van der Waals surface area contributed by atoms with Crippen LogP contribution in [0.2, 0.25) is 0 Å². The normalized spacial score (nSPS) is 18.2. The standard InChI is InChI=1S/C15H11BrO/c16-11-7-5-10(6-8-11)14-9-15(17)13-4-2-1-3-12(13)14/h1-8,14H,9H2/t14-/m0/s1. The van der Waals surface area contributed by atoms with Gasteiger partial charge in [-0.2, -0.15) is 0 Å². The van der Waals surface area contributed by atoms with E-state index in [4.69, 9.17) is 0 Å². The minimum atomic E-state index is 0.229. The van der Waals surface area contributed by atoms with E-state index in [1.165, 1.54) is 11.1 Å². The lowest BCUT2D eigenvalue weighted by atomic mass is 9.93. The van der Waals surface area contributed by atoms with Gasteiger partial charge in [0, 0.05) is 22.4 Å². The summed E-state index contributed by atoms with van der Waals surface area (Å²) in [7, 11) is 0. The summed E-state index contributed by atoms with van der Waals surface area (Å²) in [5, 5.41) is 0. The van der Waals surface area contributed by atoms with Gasteiger partial charge < -0.3 is 0 Å². The number of Topliss-reactive ketones (excluding diaryl/α,β-unsaturated/α-hetero) is 1. The van der Waals surface area contributed by atoms with E-state index in [0.29, 0.717) is 6.42 Å². The largest absolute Gasteiger partial charge is 0.294 e. The van der Waals surface area contributed by atoms with Gasteiger partial charge in [0.05, 0.1) is 0 Å². The second-order valence-electron chi connectivity index (χ2n) is 4.32. The first-order valence-corrected chi connectivity index (χ1v) is 6.42. The number of fused-ring (bicyclic) bond motifs is 1. The average molecular weight is 287 g/mol. The molecular weight excluding hydrogens is 276 g/mol. The second-order valence-corrected chi connectivity index (χ2v) is 5.23. The van der Waals surface area contributed by atoms with E-state index in [1.54, 1.807) is 0 Å². The van der Waals surface area contributed by atoms with Crippen LogP contribution in [0.4, 0.5) is 0 Å². The molecule has 1 aliphatic carbocycles.